The highest BCUT2D eigenvalue weighted by atomic mass is 16.1. The Morgan fingerprint density at radius 3 is 1.27 bits per heavy atom. The molecular formula is C20H28O2. The maximum Gasteiger partial charge on any atom is 0.159 e. The number of rotatable bonds is 0. The molecule has 0 atom stereocenters. The predicted octanol–water partition coefficient (Wildman–Crippen LogP) is 5.22. The van der Waals surface area contributed by atoms with E-state index >= 15 is 0 Å². The van der Waals surface area contributed by atoms with E-state index in [2.05, 4.69) is 0 Å². The van der Waals surface area contributed by atoms with Gasteiger partial charge in [0.25, 0.3) is 0 Å². The quantitative estimate of drug-likeness (QED) is 0.614. The lowest BCUT2D eigenvalue weighted by molar-refractivity contribution is -0.115. The maximum absolute atomic E-state index is 12.0. The Kier molecular flexibility index (Phi) is 5.28. The third kappa shape index (κ3) is 3.59. The van der Waals surface area contributed by atoms with Crippen molar-refractivity contribution in [3.05, 3.63) is 22.3 Å². The van der Waals surface area contributed by atoms with Gasteiger partial charge in [-0.3, -0.25) is 9.59 Å². The lowest BCUT2D eigenvalue weighted by Crippen LogP contribution is -1.99. The van der Waals surface area contributed by atoms with Crippen LogP contribution in [0.15, 0.2) is 22.3 Å². The molecule has 0 saturated carbocycles. The van der Waals surface area contributed by atoms with Gasteiger partial charge in [0, 0.05) is 12.8 Å². The van der Waals surface area contributed by atoms with Crippen molar-refractivity contribution in [2.75, 3.05) is 0 Å². The molecule has 0 saturated heterocycles. The molecule has 0 spiro atoms. The molecule has 3 rings (SSSR count). The maximum atomic E-state index is 12.0. The molecule has 0 bridgehead atoms. The van der Waals surface area contributed by atoms with Gasteiger partial charge in [0.05, 0.1) is 0 Å². The van der Waals surface area contributed by atoms with Crippen molar-refractivity contribution >= 4 is 11.6 Å². The minimum absolute atomic E-state index is 0.415. The molecule has 0 unspecified atom stereocenters. The second kappa shape index (κ2) is 7.39. The van der Waals surface area contributed by atoms with Crippen molar-refractivity contribution in [3.8, 4) is 0 Å². The van der Waals surface area contributed by atoms with E-state index in [1.165, 1.54) is 41.6 Å². The number of carbonyl (C=O) groups is 2. The van der Waals surface area contributed by atoms with E-state index < -0.39 is 0 Å². The molecule has 0 amide bonds. The SMILES string of the molecule is O=C1CCC2=C1CCCCCC1=C(CCCCC2)CCC1=O. The molecule has 22 heavy (non-hydrogen) atoms. The highest BCUT2D eigenvalue weighted by Crippen LogP contribution is 2.34. The Labute approximate surface area is 134 Å². The zero-order chi connectivity index (χ0) is 15.4. The first-order chi connectivity index (χ1) is 10.8. The van der Waals surface area contributed by atoms with E-state index in [1.807, 2.05) is 0 Å². The highest BCUT2D eigenvalue weighted by Gasteiger charge is 2.24. The number of hydrogen-bond donors (Lipinski definition) is 0. The summed E-state index contributed by atoms with van der Waals surface area (Å²) in [7, 11) is 0. The Morgan fingerprint density at radius 1 is 0.409 bits per heavy atom. The average molecular weight is 300 g/mol. The van der Waals surface area contributed by atoms with Crippen molar-refractivity contribution in [2.24, 2.45) is 0 Å². The van der Waals surface area contributed by atoms with E-state index in [9.17, 15) is 9.59 Å². The first-order valence-electron chi connectivity index (χ1n) is 9.24. The summed E-state index contributed by atoms with van der Waals surface area (Å²) in [5.74, 6) is 0.830. The second-order valence-corrected chi connectivity index (χ2v) is 7.13. The van der Waals surface area contributed by atoms with E-state index in [1.54, 1.807) is 0 Å². The van der Waals surface area contributed by atoms with Gasteiger partial charge in [0.15, 0.2) is 11.6 Å². The van der Waals surface area contributed by atoms with Crippen molar-refractivity contribution < 1.29 is 9.59 Å². The molecule has 3 aliphatic rings. The molecule has 120 valence electrons. The molecule has 0 aromatic rings. The van der Waals surface area contributed by atoms with Crippen LogP contribution in [0, 0.1) is 0 Å². The lowest BCUT2D eigenvalue weighted by atomic mass is 9.95. The van der Waals surface area contributed by atoms with Crippen molar-refractivity contribution in [1.82, 2.24) is 0 Å². The molecule has 0 fully saturated rings. The Balaban J connectivity index is 1.64. The third-order valence-corrected chi connectivity index (χ3v) is 5.65. The topological polar surface area (TPSA) is 34.1 Å². The Bertz CT molecular complexity index is 476. The van der Waals surface area contributed by atoms with Gasteiger partial charge in [0.1, 0.15) is 0 Å². The Hall–Kier alpha value is -1.18. The van der Waals surface area contributed by atoms with Gasteiger partial charge in [-0.05, 0) is 75.4 Å². The molecule has 2 nitrogen and oxygen atoms in total. The fourth-order valence-electron chi connectivity index (χ4n) is 4.34. The van der Waals surface area contributed by atoms with Gasteiger partial charge in [-0.25, -0.2) is 0 Å². The molecule has 0 radical (unpaired) electrons. The normalized spacial score (nSPS) is 25.3. The molecule has 3 aliphatic carbocycles. The van der Waals surface area contributed by atoms with Crippen LogP contribution in [0.1, 0.15) is 89.9 Å². The number of Topliss-reactive ketones (excluding diaryl/α,β-unsaturated/α-hetero) is 2. The number of carbonyl (C=O) groups excluding carboxylic acids is 2. The van der Waals surface area contributed by atoms with Crippen LogP contribution in [0.5, 0.6) is 0 Å². The summed E-state index contributed by atoms with van der Waals surface area (Å²) >= 11 is 0. The van der Waals surface area contributed by atoms with E-state index in [-0.39, 0.29) is 0 Å². The first kappa shape index (κ1) is 15.7. The van der Waals surface area contributed by atoms with Gasteiger partial charge in [-0.2, -0.15) is 0 Å². The van der Waals surface area contributed by atoms with E-state index in [0.717, 1.165) is 70.6 Å². The van der Waals surface area contributed by atoms with Crippen molar-refractivity contribution in [2.45, 2.75) is 89.9 Å². The zero-order valence-corrected chi connectivity index (χ0v) is 13.7. The summed E-state index contributed by atoms with van der Waals surface area (Å²) in [4.78, 5) is 24.1. The van der Waals surface area contributed by atoms with Crippen LogP contribution in [0.2, 0.25) is 0 Å². The fourth-order valence-corrected chi connectivity index (χ4v) is 4.34. The largest absolute Gasteiger partial charge is 0.295 e. The van der Waals surface area contributed by atoms with E-state index in [4.69, 9.17) is 0 Å². The first-order valence-corrected chi connectivity index (χ1v) is 9.24. The summed E-state index contributed by atoms with van der Waals surface area (Å²) in [6.45, 7) is 0. The van der Waals surface area contributed by atoms with Gasteiger partial charge in [0.2, 0.25) is 0 Å². The minimum atomic E-state index is 0.415. The smallest absolute Gasteiger partial charge is 0.159 e. The van der Waals surface area contributed by atoms with Gasteiger partial charge in [-0.15, -0.1) is 0 Å². The summed E-state index contributed by atoms with van der Waals surface area (Å²) in [5.41, 5.74) is 5.29. The minimum Gasteiger partial charge on any atom is -0.295 e. The lowest BCUT2D eigenvalue weighted by Gasteiger charge is -2.10. The standard InChI is InChI=1S/C20H28O2/c21-19-13-11-15-7-3-1-4-8-16-12-14-20(22)18(16)10-6-2-5-9-17(15)19/h1-14H2. The summed E-state index contributed by atoms with van der Waals surface area (Å²) in [5, 5.41) is 0. The van der Waals surface area contributed by atoms with Gasteiger partial charge in [-0.1, -0.05) is 24.0 Å². The molecular weight excluding hydrogens is 272 g/mol. The summed E-state index contributed by atoms with van der Waals surface area (Å²) in [6.07, 6.45) is 14.8. The third-order valence-electron chi connectivity index (χ3n) is 5.65. The average Bonchev–Trinajstić information content (AvgIpc) is 3.03. The Morgan fingerprint density at radius 2 is 0.818 bits per heavy atom. The van der Waals surface area contributed by atoms with Crippen LogP contribution in [0.4, 0.5) is 0 Å². The molecule has 0 aromatic carbocycles. The van der Waals surface area contributed by atoms with Crippen LogP contribution in [-0.2, 0) is 9.59 Å². The van der Waals surface area contributed by atoms with Gasteiger partial charge < -0.3 is 0 Å². The van der Waals surface area contributed by atoms with Crippen molar-refractivity contribution in [1.29, 1.82) is 0 Å². The van der Waals surface area contributed by atoms with Crippen LogP contribution in [0.25, 0.3) is 0 Å². The second-order valence-electron chi connectivity index (χ2n) is 7.13. The molecule has 0 aliphatic heterocycles. The number of ketones is 2. The highest BCUT2D eigenvalue weighted by molar-refractivity contribution is 5.99. The zero-order valence-electron chi connectivity index (χ0n) is 13.7. The monoisotopic (exact) mass is 300 g/mol. The van der Waals surface area contributed by atoms with Crippen molar-refractivity contribution in [3.63, 3.8) is 0 Å². The molecule has 2 heteroatoms. The number of hydrogen-bond acceptors (Lipinski definition) is 2. The van der Waals surface area contributed by atoms with E-state index in [0.29, 0.717) is 11.6 Å². The number of allylic oxidation sites excluding steroid dienone is 4. The van der Waals surface area contributed by atoms with Crippen LogP contribution >= 0.6 is 0 Å². The predicted molar refractivity (Wildman–Crippen MR) is 88.7 cm³/mol. The summed E-state index contributed by atoms with van der Waals surface area (Å²) < 4.78 is 0. The fraction of sp³-hybridized carbons (Fsp3) is 0.700. The molecule has 0 N–H and O–H groups in total. The summed E-state index contributed by atoms with van der Waals surface area (Å²) in [6, 6.07) is 0. The van der Waals surface area contributed by atoms with Gasteiger partial charge >= 0.3 is 0 Å². The van der Waals surface area contributed by atoms with Crippen LogP contribution in [-0.4, -0.2) is 11.6 Å². The molecule has 0 aromatic heterocycles. The molecule has 0 heterocycles. The van der Waals surface area contributed by atoms with Crippen LogP contribution in [0.3, 0.4) is 0 Å². The van der Waals surface area contributed by atoms with Crippen LogP contribution < -0.4 is 0 Å².